The lowest BCUT2D eigenvalue weighted by molar-refractivity contribution is 0.141. The van der Waals surface area contributed by atoms with E-state index in [1.165, 1.54) is 25.7 Å². The van der Waals surface area contributed by atoms with Gasteiger partial charge in [-0.3, -0.25) is 0 Å². The number of aliphatic hydroxyl groups excluding tert-OH is 1. The van der Waals surface area contributed by atoms with E-state index in [0.29, 0.717) is 23.2 Å². The van der Waals surface area contributed by atoms with Crippen LogP contribution in [0.15, 0.2) is 12.1 Å². The van der Waals surface area contributed by atoms with Crippen LogP contribution in [0.25, 0.3) is 0 Å². The lowest BCUT2D eigenvalue weighted by Crippen LogP contribution is -2.07. The van der Waals surface area contributed by atoms with Crippen molar-refractivity contribution in [2.45, 2.75) is 38.2 Å². The zero-order valence-corrected chi connectivity index (χ0v) is 12.5. The van der Waals surface area contributed by atoms with Gasteiger partial charge in [-0.05, 0) is 18.4 Å². The third-order valence-electron chi connectivity index (χ3n) is 4.13. The Kier molecular flexibility index (Phi) is 5.12. The molecule has 0 saturated heterocycles. The number of hydrogen-bond donors (Lipinski definition) is 1. The smallest absolute Gasteiger partial charge is 0.164 e. The number of benzene rings is 1. The van der Waals surface area contributed by atoms with Crippen LogP contribution in [0, 0.1) is 5.92 Å². The summed E-state index contributed by atoms with van der Waals surface area (Å²) in [7, 11) is 4.79. The van der Waals surface area contributed by atoms with Gasteiger partial charge in [0, 0.05) is 11.6 Å². The second-order valence-electron chi connectivity index (χ2n) is 5.35. The Morgan fingerprint density at radius 1 is 1.00 bits per heavy atom. The molecule has 1 saturated carbocycles. The van der Waals surface area contributed by atoms with Crippen molar-refractivity contribution in [1.29, 1.82) is 0 Å². The van der Waals surface area contributed by atoms with E-state index in [1.807, 2.05) is 6.07 Å². The molecule has 0 amide bonds. The van der Waals surface area contributed by atoms with Crippen LogP contribution in [0.2, 0.25) is 0 Å². The van der Waals surface area contributed by atoms with Gasteiger partial charge in [0.1, 0.15) is 5.75 Å². The van der Waals surface area contributed by atoms with Crippen molar-refractivity contribution in [3.8, 4) is 17.2 Å². The van der Waals surface area contributed by atoms with Gasteiger partial charge in [-0.2, -0.15) is 0 Å². The minimum atomic E-state index is -0.521. The minimum absolute atomic E-state index is 0.521. The van der Waals surface area contributed by atoms with Crippen LogP contribution in [0.3, 0.4) is 0 Å². The average molecular weight is 280 g/mol. The molecule has 4 nitrogen and oxygen atoms in total. The van der Waals surface area contributed by atoms with E-state index in [9.17, 15) is 5.11 Å². The van der Waals surface area contributed by atoms with Gasteiger partial charge in [-0.25, -0.2) is 0 Å². The molecule has 1 aromatic rings. The minimum Gasteiger partial charge on any atom is -0.496 e. The van der Waals surface area contributed by atoms with Gasteiger partial charge < -0.3 is 19.3 Å². The molecular formula is C16H24O4. The summed E-state index contributed by atoms with van der Waals surface area (Å²) in [5.74, 6) is 2.49. The number of aliphatic hydroxyl groups is 1. The summed E-state index contributed by atoms with van der Waals surface area (Å²) in [4.78, 5) is 0. The standard InChI is InChI=1S/C16H24O4/c1-18-14-10-16(20-3)15(19-2)9-12(14)13(17)8-11-6-4-5-7-11/h9-11,13,17H,4-8H2,1-3H3. The van der Waals surface area contributed by atoms with Crippen molar-refractivity contribution in [3.05, 3.63) is 17.7 Å². The molecule has 4 heteroatoms. The summed E-state index contributed by atoms with van der Waals surface area (Å²) in [5, 5.41) is 10.5. The maximum atomic E-state index is 10.5. The maximum Gasteiger partial charge on any atom is 0.164 e. The van der Waals surface area contributed by atoms with Crippen LogP contribution in [0.1, 0.15) is 43.8 Å². The van der Waals surface area contributed by atoms with Crippen LogP contribution in [0.5, 0.6) is 17.2 Å². The Morgan fingerprint density at radius 3 is 2.10 bits per heavy atom. The third kappa shape index (κ3) is 3.18. The fraction of sp³-hybridized carbons (Fsp3) is 0.625. The van der Waals surface area contributed by atoms with Crippen LogP contribution >= 0.6 is 0 Å². The molecule has 0 spiro atoms. The fourth-order valence-corrected chi connectivity index (χ4v) is 3.00. The largest absolute Gasteiger partial charge is 0.496 e. The van der Waals surface area contributed by atoms with Gasteiger partial charge >= 0.3 is 0 Å². The molecule has 1 N–H and O–H groups in total. The topological polar surface area (TPSA) is 47.9 Å². The van der Waals surface area contributed by atoms with Crippen LogP contribution in [0.4, 0.5) is 0 Å². The Bertz CT molecular complexity index is 438. The van der Waals surface area contributed by atoms with Crippen molar-refractivity contribution in [2.75, 3.05) is 21.3 Å². The van der Waals surface area contributed by atoms with Gasteiger partial charge in [0.25, 0.3) is 0 Å². The molecule has 1 aliphatic carbocycles. The summed E-state index contributed by atoms with van der Waals surface area (Å²) >= 11 is 0. The van der Waals surface area contributed by atoms with Crippen molar-refractivity contribution in [3.63, 3.8) is 0 Å². The predicted molar refractivity (Wildman–Crippen MR) is 77.6 cm³/mol. The van der Waals surface area contributed by atoms with E-state index in [-0.39, 0.29) is 0 Å². The quantitative estimate of drug-likeness (QED) is 0.868. The molecule has 1 aliphatic rings. The lowest BCUT2D eigenvalue weighted by Gasteiger charge is -2.20. The Balaban J connectivity index is 2.23. The SMILES string of the molecule is COc1cc(OC)c(C(O)CC2CCCC2)cc1OC. The molecule has 1 aromatic carbocycles. The van der Waals surface area contributed by atoms with Gasteiger partial charge in [-0.15, -0.1) is 0 Å². The highest BCUT2D eigenvalue weighted by molar-refractivity contribution is 5.51. The molecule has 1 fully saturated rings. The number of ether oxygens (including phenoxy) is 3. The van der Waals surface area contributed by atoms with Crippen LogP contribution in [-0.4, -0.2) is 26.4 Å². The van der Waals surface area contributed by atoms with Gasteiger partial charge in [0.15, 0.2) is 11.5 Å². The summed E-state index contributed by atoms with van der Waals surface area (Å²) in [6.07, 6.45) is 5.25. The molecule has 1 atom stereocenters. The molecule has 0 aliphatic heterocycles. The van der Waals surface area contributed by atoms with Crippen molar-refractivity contribution in [1.82, 2.24) is 0 Å². The first kappa shape index (κ1) is 15.0. The summed E-state index contributed by atoms with van der Waals surface area (Å²) < 4.78 is 15.9. The summed E-state index contributed by atoms with van der Waals surface area (Å²) in [6.45, 7) is 0. The molecule has 112 valence electrons. The molecule has 0 bridgehead atoms. The van der Waals surface area contributed by atoms with E-state index in [1.54, 1.807) is 27.4 Å². The Labute approximate surface area is 120 Å². The first-order valence-electron chi connectivity index (χ1n) is 7.17. The van der Waals surface area contributed by atoms with E-state index in [4.69, 9.17) is 14.2 Å². The molecule has 0 aromatic heterocycles. The van der Waals surface area contributed by atoms with Gasteiger partial charge in [-0.1, -0.05) is 25.7 Å². The van der Waals surface area contributed by atoms with E-state index < -0.39 is 6.10 Å². The zero-order valence-electron chi connectivity index (χ0n) is 12.5. The highest BCUT2D eigenvalue weighted by Gasteiger charge is 2.23. The molecule has 1 unspecified atom stereocenters. The highest BCUT2D eigenvalue weighted by atomic mass is 16.5. The fourth-order valence-electron chi connectivity index (χ4n) is 3.00. The highest BCUT2D eigenvalue weighted by Crippen LogP contribution is 2.40. The van der Waals surface area contributed by atoms with Crippen molar-refractivity contribution in [2.24, 2.45) is 5.92 Å². The van der Waals surface area contributed by atoms with Crippen molar-refractivity contribution >= 4 is 0 Å². The van der Waals surface area contributed by atoms with Crippen LogP contribution in [-0.2, 0) is 0 Å². The zero-order chi connectivity index (χ0) is 14.5. The normalized spacial score (nSPS) is 17.0. The summed E-state index contributed by atoms with van der Waals surface area (Å²) in [5.41, 5.74) is 0.775. The van der Waals surface area contributed by atoms with Gasteiger partial charge in [0.05, 0.1) is 27.4 Å². The van der Waals surface area contributed by atoms with E-state index in [0.717, 1.165) is 12.0 Å². The number of rotatable bonds is 6. The molecule has 0 heterocycles. The van der Waals surface area contributed by atoms with Crippen LogP contribution < -0.4 is 14.2 Å². The van der Waals surface area contributed by atoms with E-state index in [2.05, 4.69) is 0 Å². The number of methoxy groups -OCH3 is 3. The lowest BCUT2D eigenvalue weighted by atomic mass is 9.95. The second-order valence-corrected chi connectivity index (χ2v) is 5.35. The predicted octanol–water partition coefficient (Wildman–Crippen LogP) is 3.33. The number of hydrogen-bond acceptors (Lipinski definition) is 4. The first-order chi connectivity index (χ1) is 9.69. The van der Waals surface area contributed by atoms with Gasteiger partial charge in [0.2, 0.25) is 0 Å². The second kappa shape index (κ2) is 6.84. The maximum absolute atomic E-state index is 10.5. The average Bonchev–Trinajstić information content (AvgIpc) is 2.98. The third-order valence-corrected chi connectivity index (χ3v) is 4.13. The molecular weight excluding hydrogens is 256 g/mol. The molecule has 20 heavy (non-hydrogen) atoms. The molecule has 0 radical (unpaired) electrons. The first-order valence-corrected chi connectivity index (χ1v) is 7.17. The monoisotopic (exact) mass is 280 g/mol. The van der Waals surface area contributed by atoms with Crippen molar-refractivity contribution < 1.29 is 19.3 Å². The van der Waals surface area contributed by atoms with E-state index >= 15 is 0 Å². The summed E-state index contributed by atoms with van der Waals surface area (Å²) in [6, 6.07) is 3.59. The Morgan fingerprint density at radius 2 is 1.55 bits per heavy atom. The Hall–Kier alpha value is -1.42. The molecule has 2 rings (SSSR count).